The van der Waals surface area contributed by atoms with Crippen LogP contribution in [0.5, 0.6) is 0 Å². The molecule has 136 valence electrons. The highest BCUT2D eigenvalue weighted by Gasteiger charge is 2.18. The molecule has 0 aliphatic rings. The first-order chi connectivity index (χ1) is 13.0. The minimum atomic E-state index is -0.879. The van der Waals surface area contributed by atoms with E-state index in [-0.39, 0.29) is 12.0 Å². The van der Waals surface area contributed by atoms with E-state index in [1.807, 2.05) is 41.7 Å². The smallest absolute Gasteiger partial charge is 0.307 e. The summed E-state index contributed by atoms with van der Waals surface area (Å²) in [5, 5.41) is 9.63. The first-order valence-electron chi connectivity index (χ1n) is 8.42. The van der Waals surface area contributed by atoms with Gasteiger partial charge in [0.15, 0.2) is 4.96 Å². The number of thiazole rings is 1. The Morgan fingerprint density at radius 3 is 2.78 bits per heavy atom. The number of hydrogen-bond donors (Lipinski definition) is 1. The Bertz CT molecular complexity index is 1260. The highest BCUT2D eigenvalue weighted by molar-refractivity contribution is 7.23. The molecule has 0 spiro atoms. The number of nitrogens with zero attached hydrogens (tertiary/aromatic N) is 2. The number of carboxylic acid groups (broad SMARTS) is 1. The van der Waals surface area contributed by atoms with Crippen LogP contribution >= 0.6 is 22.9 Å². The third kappa shape index (κ3) is 3.11. The minimum absolute atomic E-state index is 0.0452. The molecule has 0 fully saturated rings. The average Bonchev–Trinajstić information content (AvgIpc) is 2.96. The molecule has 5 nitrogen and oxygen atoms in total. The van der Waals surface area contributed by atoms with Crippen LogP contribution in [-0.4, -0.2) is 20.5 Å². The van der Waals surface area contributed by atoms with Gasteiger partial charge in [0, 0.05) is 16.1 Å². The quantitative estimate of drug-likeness (QED) is 0.552. The van der Waals surface area contributed by atoms with E-state index < -0.39 is 5.97 Å². The van der Waals surface area contributed by atoms with E-state index in [0.29, 0.717) is 27.5 Å². The van der Waals surface area contributed by atoms with Gasteiger partial charge in [0.1, 0.15) is 0 Å². The molecule has 2 aromatic heterocycles. The van der Waals surface area contributed by atoms with E-state index >= 15 is 0 Å². The molecule has 0 unspecified atom stereocenters. The molecule has 0 aliphatic heterocycles. The van der Waals surface area contributed by atoms with Crippen molar-refractivity contribution in [1.29, 1.82) is 0 Å². The van der Waals surface area contributed by atoms with Crippen LogP contribution in [0.1, 0.15) is 18.1 Å². The maximum Gasteiger partial charge on any atom is 0.307 e. The van der Waals surface area contributed by atoms with E-state index in [1.54, 1.807) is 12.1 Å². The third-order valence-electron chi connectivity index (χ3n) is 4.43. The van der Waals surface area contributed by atoms with Gasteiger partial charge in [0.25, 0.3) is 5.56 Å². The van der Waals surface area contributed by atoms with Crippen molar-refractivity contribution in [1.82, 2.24) is 9.38 Å². The summed E-state index contributed by atoms with van der Waals surface area (Å²) < 4.78 is 2.85. The van der Waals surface area contributed by atoms with Gasteiger partial charge in [-0.2, -0.15) is 4.98 Å². The second kappa shape index (κ2) is 6.79. The first kappa shape index (κ1) is 17.7. The van der Waals surface area contributed by atoms with Gasteiger partial charge in [-0.15, -0.1) is 0 Å². The second-order valence-electron chi connectivity index (χ2n) is 6.20. The number of aromatic nitrogens is 2. The number of aliphatic carboxylic acids is 1. The van der Waals surface area contributed by atoms with E-state index in [1.165, 1.54) is 11.3 Å². The van der Waals surface area contributed by atoms with Crippen LogP contribution in [0.2, 0.25) is 5.02 Å². The molecule has 2 aromatic carbocycles. The zero-order valence-electron chi connectivity index (χ0n) is 14.4. The van der Waals surface area contributed by atoms with E-state index in [0.717, 1.165) is 21.5 Å². The van der Waals surface area contributed by atoms with Crippen molar-refractivity contribution in [3.63, 3.8) is 0 Å². The van der Waals surface area contributed by atoms with Crippen molar-refractivity contribution in [3.05, 3.63) is 69.0 Å². The van der Waals surface area contributed by atoms with Gasteiger partial charge in [-0.3, -0.25) is 14.0 Å². The molecule has 1 N–H and O–H groups in total. The van der Waals surface area contributed by atoms with Crippen LogP contribution in [0.3, 0.4) is 0 Å². The molecule has 7 heteroatoms. The fourth-order valence-corrected chi connectivity index (χ4v) is 4.56. The molecule has 0 saturated carbocycles. The van der Waals surface area contributed by atoms with Crippen molar-refractivity contribution >= 4 is 44.1 Å². The van der Waals surface area contributed by atoms with Crippen molar-refractivity contribution in [3.8, 4) is 11.3 Å². The lowest BCUT2D eigenvalue weighted by Crippen LogP contribution is -2.16. The maximum atomic E-state index is 12.6. The van der Waals surface area contributed by atoms with Crippen LogP contribution in [0, 0.1) is 0 Å². The molecular weight excluding hydrogens is 384 g/mol. The lowest BCUT2D eigenvalue weighted by Gasteiger charge is -2.11. The molecule has 0 saturated heterocycles. The van der Waals surface area contributed by atoms with Crippen molar-refractivity contribution in [2.75, 3.05) is 0 Å². The van der Waals surface area contributed by atoms with Gasteiger partial charge in [-0.1, -0.05) is 48.1 Å². The van der Waals surface area contributed by atoms with Crippen LogP contribution < -0.4 is 5.56 Å². The molecule has 2 heterocycles. The molecule has 4 aromatic rings. The number of carboxylic acids is 1. The number of rotatable bonds is 4. The lowest BCUT2D eigenvalue weighted by molar-refractivity contribution is -0.136. The summed E-state index contributed by atoms with van der Waals surface area (Å²) in [6.07, 6.45) is 0.501. The van der Waals surface area contributed by atoms with Gasteiger partial charge in [-0.25, -0.2) is 0 Å². The van der Waals surface area contributed by atoms with Crippen LogP contribution in [0.15, 0.2) is 47.3 Å². The first-order valence-corrected chi connectivity index (χ1v) is 9.62. The predicted octanol–water partition coefficient (Wildman–Crippen LogP) is 4.42. The molecule has 27 heavy (non-hydrogen) atoms. The number of carbonyl (C=O) groups is 1. The Morgan fingerprint density at radius 2 is 2.07 bits per heavy atom. The van der Waals surface area contributed by atoms with E-state index in [9.17, 15) is 9.59 Å². The zero-order valence-corrected chi connectivity index (χ0v) is 16.0. The Hall–Kier alpha value is -2.70. The summed E-state index contributed by atoms with van der Waals surface area (Å²) in [6, 6.07) is 12.9. The maximum absolute atomic E-state index is 12.6. The Labute approximate surface area is 163 Å². The van der Waals surface area contributed by atoms with Crippen molar-refractivity contribution in [2.24, 2.45) is 0 Å². The molecule has 0 aliphatic carbocycles. The molecule has 0 radical (unpaired) electrons. The summed E-state index contributed by atoms with van der Waals surface area (Å²) in [5.74, 6) is -0.879. The van der Waals surface area contributed by atoms with Gasteiger partial charge in [-0.05, 0) is 36.2 Å². The summed E-state index contributed by atoms with van der Waals surface area (Å²) in [7, 11) is 0. The van der Waals surface area contributed by atoms with E-state index in [2.05, 4.69) is 4.98 Å². The van der Waals surface area contributed by atoms with Gasteiger partial charge >= 0.3 is 5.97 Å². The predicted molar refractivity (Wildman–Crippen MR) is 108 cm³/mol. The fraction of sp³-hybridized carbons (Fsp3) is 0.150. The van der Waals surface area contributed by atoms with Crippen molar-refractivity contribution in [2.45, 2.75) is 19.8 Å². The molecule has 0 amide bonds. The average molecular weight is 399 g/mol. The van der Waals surface area contributed by atoms with E-state index in [4.69, 9.17) is 16.7 Å². The van der Waals surface area contributed by atoms with Gasteiger partial charge in [0.2, 0.25) is 0 Å². The Morgan fingerprint density at radius 1 is 1.26 bits per heavy atom. The lowest BCUT2D eigenvalue weighted by atomic mass is 10.0. The number of halogens is 1. The number of benzene rings is 2. The summed E-state index contributed by atoms with van der Waals surface area (Å²) in [4.78, 5) is 28.5. The largest absolute Gasteiger partial charge is 0.481 e. The van der Waals surface area contributed by atoms with Crippen LogP contribution in [-0.2, 0) is 17.6 Å². The third-order valence-corrected chi connectivity index (χ3v) is 5.67. The Balaban J connectivity index is 2.10. The topological polar surface area (TPSA) is 71.7 Å². The van der Waals surface area contributed by atoms with Crippen molar-refractivity contribution < 1.29 is 9.90 Å². The van der Waals surface area contributed by atoms with Crippen LogP contribution in [0.25, 0.3) is 26.4 Å². The minimum Gasteiger partial charge on any atom is -0.481 e. The molecule has 0 bridgehead atoms. The van der Waals surface area contributed by atoms with Crippen LogP contribution in [0.4, 0.5) is 0 Å². The SMILES string of the molecule is CCc1c(-c2cccc(Cl)c2)n2c(nc1=O)sc1cc(CC(=O)O)ccc12. The summed E-state index contributed by atoms with van der Waals surface area (Å²) >= 11 is 7.56. The standard InChI is InChI=1S/C20H15ClN2O3S/c1-2-14-18(12-4-3-5-13(21)10-12)23-15-7-6-11(9-17(24)25)8-16(15)27-20(23)22-19(14)26/h3-8,10H,2,9H2,1H3,(H,24,25). The normalized spacial score (nSPS) is 11.3. The molecule has 4 rings (SSSR count). The fourth-order valence-electron chi connectivity index (χ4n) is 3.29. The zero-order chi connectivity index (χ0) is 19.1. The number of fused-ring (bicyclic) bond motifs is 3. The van der Waals surface area contributed by atoms with Gasteiger partial charge < -0.3 is 5.11 Å². The summed E-state index contributed by atoms with van der Waals surface area (Å²) in [5.41, 5.74) is 3.62. The van der Waals surface area contributed by atoms with Gasteiger partial charge in [0.05, 0.1) is 22.3 Å². The number of hydrogen-bond acceptors (Lipinski definition) is 4. The highest BCUT2D eigenvalue weighted by atomic mass is 35.5. The highest BCUT2D eigenvalue weighted by Crippen LogP contribution is 2.33. The molecular formula is C20H15ClN2O3S. The molecule has 0 atom stereocenters. The second-order valence-corrected chi connectivity index (χ2v) is 7.65. The monoisotopic (exact) mass is 398 g/mol. The summed E-state index contributed by atoms with van der Waals surface area (Å²) in [6.45, 7) is 1.93. The Kier molecular flexibility index (Phi) is 4.45.